The molecule has 0 saturated carbocycles. The molecule has 1 aliphatic heterocycles. The molecule has 2 amide bonds. The summed E-state index contributed by atoms with van der Waals surface area (Å²) in [6.07, 6.45) is 0.729. The van der Waals surface area contributed by atoms with Crippen molar-refractivity contribution in [3.8, 4) is 0 Å². The molecule has 0 radical (unpaired) electrons. The third-order valence-corrected chi connectivity index (χ3v) is 8.74. The third-order valence-electron chi connectivity index (χ3n) is 6.91. The van der Waals surface area contributed by atoms with Gasteiger partial charge >= 0.3 is 0 Å². The number of nitrogens with zero attached hydrogens (tertiary/aromatic N) is 1. The van der Waals surface area contributed by atoms with Crippen molar-refractivity contribution in [1.29, 1.82) is 0 Å². The van der Waals surface area contributed by atoms with Gasteiger partial charge in [-0.3, -0.25) is 9.59 Å². The predicted molar refractivity (Wildman–Crippen MR) is 151 cm³/mol. The van der Waals surface area contributed by atoms with E-state index < -0.39 is 21.6 Å². The lowest BCUT2D eigenvalue weighted by atomic mass is 9.87. The Morgan fingerprint density at radius 1 is 0.897 bits per heavy atom. The van der Waals surface area contributed by atoms with Gasteiger partial charge in [0.2, 0.25) is 15.9 Å². The van der Waals surface area contributed by atoms with Gasteiger partial charge in [-0.05, 0) is 60.2 Å². The Morgan fingerprint density at radius 3 is 2.13 bits per heavy atom. The van der Waals surface area contributed by atoms with Crippen molar-refractivity contribution in [3.63, 3.8) is 0 Å². The third kappa shape index (κ3) is 7.30. The summed E-state index contributed by atoms with van der Waals surface area (Å²) in [5.74, 6) is -1.77. The van der Waals surface area contributed by atoms with Gasteiger partial charge in [0, 0.05) is 41.5 Å². The van der Waals surface area contributed by atoms with Crippen LogP contribution in [0.1, 0.15) is 55.1 Å². The van der Waals surface area contributed by atoms with Gasteiger partial charge in [-0.15, -0.1) is 0 Å². The first kappa shape index (κ1) is 28.4. The first-order valence-corrected chi connectivity index (χ1v) is 14.6. The predicted octanol–water partition coefficient (Wildman–Crippen LogP) is 5.56. The molecule has 4 rings (SSSR count). The molecule has 206 valence electrons. The number of carbonyl (C=O) groups is 2. The van der Waals surface area contributed by atoms with Gasteiger partial charge in [-0.1, -0.05) is 57.2 Å². The standard InChI is InChI=1S/C30H34FN3O4S/c1-30(2,3)24-13-11-21(12-14-24)28(35)32-25-8-6-9-26(19-25)33-29(36)22-15-17-34(18-16-22)39(37,38)20-23-7-4-5-10-27(23)31/h4-14,19,22H,15-18,20H2,1-3H3,(H,32,35)(H,33,36). The van der Waals surface area contributed by atoms with Crippen molar-refractivity contribution < 1.29 is 22.4 Å². The highest BCUT2D eigenvalue weighted by atomic mass is 32.2. The van der Waals surface area contributed by atoms with Crippen LogP contribution in [-0.2, 0) is 26.0 Å². The maximum Gasteiger partial charge on any atom is 0.255 e. The van der Waals surface area contributed by atoms with Gasteiger partial charge in [0.25, 0.3) is 5.91 Å². The maximum absolute atomic E-state index is 13.9. The Hall–Kier alpha value is -3.56. The quantitative estimate of drug-likeness (QED) is 0.402. The molecule has 1 fully saturated rings. The summed E-state index contributed by atoms with van der Waals surface area (Å²) >= 11 is 0. The SMILES string of the molecule is CC(C)(C)c1ccc(C(=O)Nc2cccc(NC(=O)C3CCN(S(=O)(=O)Cc4ccccc4F)CC3)c2)cc1. The fourth-order valence-corrected chi connectivity index (χ4v) is 6.12. The van der Waals surface area contributed by atoms with Crippen molar-refractivity contribution >= 4 is 33.2 Å². The Balaban J connectivity index is 1.31. The number of anilines is 2. The number of amides is 2. The molecule has 2 N–H and O–H groups in total. The second kappa shape index (κ2) is 11.7. The monoisotopic (exact) mass is 551 g/mol. The minimum Gasteiger partial charge on any atom is -0.326 e. The maximum atomic E-state index is 13.9. The van der Waals surface area contributed by atoms with Gasteiger partial charge in [0.1, 0.15) is 5.82 Å². The van der Waals surface area contributed by atoms with Crippen LogP contribution in [0.4, 0.5) is 15.8 Å². The first-order chi connectivity index (χ1) is 18.4. The lowest BCUT2D eigenvalue weighted by molar-refractivity contribution is -0.120. The van der Waals surface area contributed by atoms with Crippen LogP contribution in [-0.4, -0.2) is 37.6 Å². The lowest BCUT2D eigenvalue weighted by Crippen LogP contribution is -2.42. The molecule has 0 atom stereocenters. The molecular weight excluding hydrogens is 517 g/mol. The summed E-state index contributed by atoms with van der Waals surface area (Å²) in [6, 6.07) is 20.2. The summed E-state index contributed by atoms with van der Waals surface area (Å²) in [5.41, 5.74) is 2.88. The van der Waals surface area contributed by atoms with Crippen LogP contribution in [0, 0.1) is 11.7 Å². The molecule has 9 heteroatoms. The van der Waals surface area contributed by atoms with Gasteiger partial charge in [-0.25, -0.2) is 17.1 Å². The van der Waals surface area contributed by atoms with Crippen LogP contribution in [0.3, 0.4) is 0 Å². The van der Waals surface area contributed by atoms with Crippen molar-refractivity contribution in [2.45, 2.75) is 44.8 Å². The zero-order valence-electron chi connectivity index (χ0n) is 22.4. The second-order valence-corrected chi connectivity index (χ2v) is 12.8. The highest BCUT2D eigenvalue weighted by Gasteiger charge is 2.31. The van der Waals surface area contributed by atoms with E-state index in [4.69, 9.17) is 0 Å². The van der Waals surface area contributed by atoms with E-state index in [0.29, 0.717) is 29.8 Å². The minimum absolute atomic E-state index is 0.00596. The van der Waals surface area contributed by atoms with Gasteiger partial charge in [-0.2, -0.15) is 0 Å². The number of benzene rings is 3. The van der Waals surface area contributed by atoms with Gasteiger partial charge in [0.15, 0.2) is 0 Å². The highest BCUT2D eigenvalue weighted by molar-refractivity contribution is 7.88. The molecule has 0 spiro atoms. The van der Waals surface area contributed by atoms with E-state index in [9.17, 15) is 22.4 Å². The van der Waals surface area contributed by atoms with Gasteiger partial charge in [0.05, 0.1) is 5.75 Å². The lowest BCUT2D eigenvalue weighted by Gasteiger charge is -2.30. The van der Waals surface area contributed by atoms with Crippen molar-refractivity contribution in [2.24, 2.45) is 5.92 Å². The molecule has 7 nitrogen and oxygen atoms in total. The van der Waals surface area contributed by atoms with Crippen molar-refractivity contribution in [3.05, 3.63) is 95.3 Å². The molecular formula is C30H34FN3O4S. The number of halogens is 1. The number of carbonyl (C=O) groups excluding carboxylic acids is 2. The molecule has 1 saturated heterocycles. The Bertz CT molecular complexity index is 1440. The summed E-state index contributed by atoms with van der Waals surface area (Å²) in [7, 11) is -3.70. The number of hydrogen-bond donors (Lipinski definition) is 2. The van der Waals surface area contributed by atoms with Crippen LogP contribution in [0.15, 0.2) is 72.8 Å². The highest BCUT2D eigenvalue weighted by Crippen LogP contribution is 2.25. The molecule has 0 bridgehead atoms. The van der Waals surface area contributed by atoms with Crippen LogP contribution in [0.25, 0.3) is 0 Å². The first-order valence-electron chi connectivity index (χ1n) is 13.0. The molecule has 0 aliphatic carbocycles. The summed E-state index contributed by atoms with van der Waals surface area (Å²) in [5, 5.41) is 5.75. The van der Waals surface area contributed by atoms with Crippen LogP contribution in [0.5, 0.6) is 0 Å². The van der Waals surface area contributed by atoms with Crippen LogP contribution in [0.2, 0.25) is 0 Å². The van der Waals surface area contributed by atoms with Crippen LogP contribution >= 0.6 is 0 Å². The molecule has 0 unspecified atom stereocenters. The molecule has 0 aromatic heterocycles. The van der Waals surface area contributed by atoms with E-state index in [1.807, 2.05) is 12.1 Å². The number of hydrogen-bond acceptors (Lipinski definition) is 4. The van der Waals surface area contributed by atoms with E-state index in [1.165, 1.54) is 22.5 Å². The smallest absolute Gasteiger partial charge is 0.255 e. The number of sulfonamides is 1. The largest absolute Gasteiger partial charge is 0.326 e. The topological polar surface area (TPSA) is 95.6 Å². The van der Waals surface area contributed by atoms with E-state index in [1.54, 1.807) is 42.5 Å². The number of nitrogens with one attached hydrogen (secondary N) is 2. The molecule has 1 aliphatic rings. The van der Waals surface area contributed by atoms with Gasteiger partial charge < -0.3 is 10.6 Å². The Kier molecular flexibility index (Phi) is 8.51. The number of piperidine rings is 1. The van der Waals surface area contributed by atoms with Crippen LogP contribution < -0.4 is 10.6 Å². The Morgan fingerprint density at radius 2 is 1.51 bits per heavy atom. The average molecular weight is 552 g/mol. The molecule has 3 aromatic rings. The second-order valence-electron chi connectivity index (χ2n) is 10.9. The van der Waals surface area contributed by atoms with E-state index in [0.717, 1.165) is 5.56 Å². The van der Waals surface area contributed by atoms with E-state index >= 15 is 0 Å². The zero-order valence-corrected chi connectivity index (χ0v) is 23.2. The molecule has 1 heterocycles. The molecule has 3 aromatic carbocycles. The normalized spacial score (nSPS) is 15.1. The molecule has 39 heavy (non-hydrogen) atoms. The van der Waals surface area contributed by atoms with E-state index in [2.05, 4.69) is 31.4 Å². The summed E-state index contributed by atoms with van der Waals surface area (Å²) in [4.78, 5) is 25.6. The summed E-state index contributed by atoms with van der Waals surface area (Å²) < 4.78 is 40.8. The fraction of sp³-hybridized carbons (Fsp3) is 0.333. The number of rotatable bonds is 7. The Labute approximate surface area is 229 Å². The van der Waals surface area contributed by atoms with Crippen molar-refractivity contribution in [2.75, 3.05) is 23.7 Å². The van der Waals surface area contributed by atoms with E-state index in [-0.39, 0.29) is 41.8 Å². The minimum atomic E-state index is -3.70. The summed E-state index contributed by atoms with van der Waals surface area (Å²) in [6.45, 7) is 6.72. The average Bonchev–Trinajstić information content (AvgIpc) is 2.90. The fourth-order valence-electron chi connectivity index (χ4n) is 4.54. The zero-order chi connectivity index (χ0) is 28.2. The van der Waals surface area contributed by atoms with Crippen molar-refractivity contribution in [1.82, 2.24) is 4.31 Å².